The molecule has 0 spiro atoms. The second-order valence-corrected chi connectivity index (χ2v) is 6.12. The maximum atomic E-state index is 12.3. The Hall–Kier alpha value is -1.95. The number of nitrogens with zero attached hydrogens (tertiary/aromatic N) is 2. The lowest BCUT2D eigenvalue weighted by Gasteiger charge is -2.14. The van der Waals surface area contributed by atoms with E-state index in [1.807, 2.05) is 19.1 Å². The molecule has 1 atom stereocenters. The molecular formula is C14H16N4OS. The maximum absolute atomic E-state index is 12.3. The number of benzene rings is 1. The summed E-state index contributed by atoms with van der Waals surface area (Å²) in [5, 5.41) is 11.9. The Balaban J connectivity index is 1.64. The van der Waals surface area contributed by atoms with Gasteiger partial charge in [0.2, 0.25) is 11.0 Å². The molecule has 1 aromatic carbocycles. The van der Waals surface area contributed by atoms with Crippen molar-refractivity contribution in [1.29, 1.82) is 0 Å². The van der Waals surface area contributed by atoms with Gasteiger partial charge in [0.05, 0.1) is 6.04 Å². The summed E-state index contributed by atoms with van der Waals surface area (Å²) in [6.07, 6.45) is 1.62. The first-order valence-electron chi connectivity index (χ1n) is 6.59. The van der Waals surface area contributed by atoms with Gasteiger partial charge in [0.1, 0.15) is 5.01 Å². The van der Waals surface area contributed by atoms with Crippen LogP contribution in [0.1, 0.15) is 29.1 Å². The van der Waals surface area contributed by atoms with Crippen molar-refractivity contribution in [3.63, 3.8) is 0 Å². The molecule has 3 rings (SSSR count). The van der Waals surface area contributed by atoms with Crippen molar-refractivity contribution in [1.82, 2.24) is 15.5 Å². The summed E-state index contributed by atoms with van der Waals surface area (Å²) < 4.78 is 0. The van der Waals surface area contributed by atoms with Crippen molar-refractivity contribution in [3.05, 3.63) is 40.4 Å². The van der Waals surface area contributed by atoms with Gasteiger partial charge in [-0.1, -0.05) is 35.6 Å². The molecule has 0 aliphatic heterocycles. The van der Waals surface area contributed by atoms with Crippen LogP contribution in [0.3, 0.4) is 0 Å². The summed E-state index contributed by atoms with van der Waals surface area (Å²) in [7, 11) is 0. The van der Waals surface area contributed by atoms with E-state index in [1.165, 1.54) is 22.5 Å². The normalized spacial score (nSPS) is 15.8. The number of rotatable bonds is 3. The molecule has 0 saturated heterocycles. The van der Waals surface area contributed by atoms with E-state index in [0.29, 0.717) is 5.13 Å². The Morgan fingerprint density at radius 2 is 2.00 bits per heavy atom. The van der Waals surface area contributed by atoms with E-state index < -0.39 is 0 Å². The summed E-state index contributed by atoms with van der Waals surface area (Å²) in [5.74, 6) is 0.0857. The predicted molar refractivity (Wildman–Crippen MR) is 78.2 cm³/mol. The minimum absolute atomic E-state index is 0.0140. The number of amides is 1. The number of nitrogens with two attached hydrogens (primary N) is 1. The van der Waals surface area contributed by atoms with Crippen molar-refractivity contribution < 1.29 is 4.79 Å². The Bertz CT molecular complexity index is 615. The number of hydrogen-bond acceptors (Lipinski definition) is 5. The third-order valence-corrected chi connectivity index (χ3v) is 4.54. The number of nitrogen functional groups attached to an aromatic ring is 1. The fourth-order valence-corrected chi connectivity index (χ4v) is 3.17. The maximum Gasteiger partial charge on any atom is 0.224 e. The molecule has 1 heterocycles. The molecule has 1 unspecified atom stereocenters. The van der Waals surface area contributed by atoms with Crippen LogP contribution in [0.15, 0.2) is 24.3 Å². The van der Waals surface area contributed by atoms with E-state index in [1.54, 1.807) is 0 Å². The fraction of sp³-hybridized carbons (Fsp3) is 0.357. The average molecular weight is 288 g/mol. The minimum Gasteiger partial charge on any atom is -0.374 e. The SMILES string of the molecule is CC(NC(=O)C1Cc2ccccc2C1)c1nnc(N)s1. The molecule has 3 N–H and O–H groups in total. The van der Waals surface area contributed by atoms with Crippen molar-refractivity contribution in [2.45, 2.75) is 25.8 Å². The minimum atomic E-state index is -0.152. The molecule has 1 aromatic heterocycles. The summed E-state index contributed by atoms with van der Waals surface area (Å²) >= 11 is 1.31. The third kappa shape index (κ3) is 2.51. The number of hydrogen-bond donors (Lipinski definition) is 2. The van der Waals surface area contributed by atoms with Gasteiger partial charge in [-0.2, -0.15) is 0 Å². The molecule has 2 aromatic rings. The van der Waals surface area contributed by atoms with Crippen LogP contribution in [-0.4, -0.2) is 16.1 Å². The lowest BCUT2D eigenvalue weighted by atomic mass is 10.1. The fourth-order valence-electron chi connectivity index (χ4n) is 2.56. The van der Waals surface area contributed by atoms with Gasteiger partial charge in [-0.25, -0.2) is 0 Å². The van der Waals surface area contributed by atoms with E-state index in [-0.39, 0.29) is 17.9 Å². The second kappa shape index (κ2) is 5.20. The number of fused-ring (bicyclic) bond motifs is 1. The van der Waals surface area contributed by atoms with Gasteiger partial charge in [-0.05, 0) is 30.9 Å². The Kier molecular flexibility index (Phi) is 3.40. The number of nitrogens with one attached hydrogen (secondary N) is 1. The van der Waals surface area contributed by atoms with Crippen LogP contribution in [-0.2, 0) is 17.6 Å². The van der Waals surface area contributed by atoms with Gasteiger partial charge in [-0.15, -0.1) is 10.2 Å². The highest BCUT2D eigenvalue weighted by Crippen LogP contribution is 2.27. The number of aromatic nitrogens is 2. The largest absolute Gasteiger partial charge is 0.374 e. The zero-order valence-electron chi connectivity index (χ0n) is 11.2. The highest BCUT2D eigenvalue weighted by Gasteiger charge is 2.28. The lowest BCUT2D eigenvalue weighted by Crippen LogP contribution is -2.33. The molecule has 6 heteroatoms. The molecular weight excluding hydrogens is 272 g/mol. The van der Waals surface area contributed by atoms with E-state index in [2.05, 4.69) is 27.6 Å². The zero-order valence-corrected chi connectivity index (χ0v) is 12.0. The molecule has 20 heavy (non-hydrogen) atoms. The van der Waals surface area contributed by atoms with Gasteiger partial charge < -0.3 is 11.1 Å². The molecule has 0 saturated carbocycles. The van der Waals surface area contributed by atoms with Crippen LogP contribution in [0.2, 0.25) is 0 Å². The number of anilines is 1. The number of carbonyl (C=O) groups is 1. The van der Waals surface area contributed by atoms with Crippen LogP contribution >= 0.6 is 11.3 Å². The van der Waals surface area contributed by atoms with Crippen molar-refractivity contribution in [2.75, 3.05) is 5.73 Å². The van der Waals surface area contributed by atoms with Gasteiger partial charge >= 0.3 is 0 Å². The zero-order chi connectivity index (χ0) is 14.1. The molecule has 0 bridgehead atoms. The lowest BCUT2D eigenvalue weighted by molar-refractivity contribution is -0.125. The van der Waals surface area contributed by atoms with Crippen molar-refractivity contribution in [2.24, 2.45) is 5.92 Å². The van der Waals surface area contributed by atoms with Crippen LogP contribution in [0.4, 0.5) is 5.13 Å². The van der Waals surface area contributed by atoms with Gasteiger partial charge in [0.25, 0.3) is 0 Å². The van der Waals surface area contributed by atoms with Crippen molar-refractivity contribution in [3.8, 4) is 0 Å². The molecule has 1 aliphatic carbocycles. The first-order valence-corrected chi connectivity index (χ1v) is 7.41. The van der Waals surface area contributed by atoms with E-state index in [4.69, 9.17) is 5.73 Å². The Morgan fingerprint density at radius 3 is 2.55 bits per heavy atom. The number of carbonyl (C=O) groups excluding carboxylic acids is 1. The predicted octanol–water partition coefficient (Wildman–Crippen LogP) is 1.71. The van der Waals surface area contributed by atoms with Crippen LogP contribution < -0.4 is 11.1 Å². The third-order valence-electron chi connectivity index (χ3n) is 3.61. The molecule has 0 fully saturated rings. The van der Waals surface area contributed by atoms with E-state index in [0.717, 1.165) is 17.8 Å². The van der Waals surface area contributed by atoms with Crippen LogP contribution in [0.25, 0.3) is 0 Å². The monoisotopic (exact) mass is 288 g/mol. The van der Waals surface area contributed by atoms with Gasteiger partial charge in [0, 0.05) is 5.92 Å². The van der Waals surface area contributed by atoms with E-state index in [9.17, 15) is 4.79 Å². The molecule has 1 aliphatic rings. The van der Waals surface area contributed by atoms with E-state index >= 15 is 0 Å². The van der Waals surface area contributed by atoms with Crippen LogP contribution in [0.5, 0.6) is 0 Å². The average Bonchev–Trinajstić information content (AvgIpc) is 3.04. The molecule has 5 nitrogen and oxygen atoms in total. The first kappa shape index (κ1) is 13.1. The topological polar surface area (TPSA) is 80.9 Å². The first-order chi connectivity index (χ1) is 9.63. The quantitative estimate of drug-likeness (QED) is 0.901. The summed E-state index contributed by atoms with van der Waals surface area (Å²) in [6, 6.07) is 8.08. The molecule has 1 amide bonds. The molecule has 104 valence electrons. The smallest absolute Gasteiger partial charge is 0.224 e. The van der Waals surface area contributed by atoms with Gasteiger partial charge in [-0.3, -0.25) is 4.79 Å². The molecule has 0 radical (unpaired) electrons. The summed E-state index contributed by atoms with van der Waals surface area (Å²) in [5.41, 5.74) is 8.12. The Morgan fingerprint density at radius 1 is 1.35 bits per heavy atom. The summed E-state index contributed by atoms with van der Waals surface area (Å²) in [4.78, 5) is 12.3. The van der Waals surface area contributed by atoms with Crippen molar-refractivity contribution >= 4 is 22.4 Å². The van der Waals surface area contributed by atoms with Crippen LogP contribution in [0, 0.1) is 5.92 Å². The second-order valence-electron chi connectivity index (χ2n) is 5.08. The standard InChI is InChI=1S/C14H16N4OS/c1-8(13-17-18-14(15)20-13)16-12(19)11-6-9-4-2-3-5-10(9)7-11/h2-5,8,11H,6-7H2,1H3,(H2,15,18)(H,16,19). The highest BCUT2D eigenvalue weighted by molar-refractivity contribution is 7.15. The Labute approximate surface area is 121 Å². The summed E-state index contributed by atoms with van der Waals surface area (Å²) in [6.45, 7) is 1.90. The highest BCUT2D eigenvalue weighted by atomic mass is 32.1. The van der Waals surface area contributed by atoms with Gasteiger partial charge in [0.15, 0.2) is 0 Å².